The van der Waals surface area contributed by atoms with E-state index in [4.69, 9.17) is 16.3 Å². The highest BCUT2D eigenvalue weighted by molar-refractivity contribution is 7.18. The van der Waals surface area contributed by atoms with Gasteiger partial charge in [0.05, 0.1) is 21.0 Å². The van der Waals surface area contributed by atoms with Crippen LogP contribution in [0, 0.1) is 0 Å². The van der Waals surface area contributed by atoms with Crippen LogP contribution in [0.2, 0.25) is 4.34 Å². The van der Waals surface area contributed by atoms with Crippen molar-refractivity contribution in [1.29, 1.82) is 0 Å². The van der Waals surface area contributed by atoms with E-state index < -0.39 is 0 Å². The second-order valence-corrected chi connectivity index (χ2v) is 7.51. The molecular weight excluding hydrogens is 344 g/mol. The minimum atomic E-state index is -0.246. The first kappa shape index (κ1) is 17.0. The zero-order valence-electron chi connectivity index (χ0n) is 13.4. The summed E-state index contributed by atoms with van der Waals surface area (Å²) >= 11 is 7.33. The fourth-order valence-corrected chi connectivity index (χ4v) is 3.63. The molecule has 0 aliphatic heterocycles. The Kier molecular flexibility index (Phi) is 5.53. The lowest BCUT2D eigenvalue weighted by Crippen LogP contribution is -2.19. The normalized spacial score (nSPS) is 15.5. The maximum Gasteiger partial charge on any atom is 0.271 e. The van der Waals surface area contributed by atoms with Crippen molar-refractivity contribution in [3.05, 3.63) is 51.2 Å². The van der Waals surface area contributed by atoms with Crippen LogP contribution in [0.5, 0.6) is 5.75 Å². The third-order valence-corrected chi connectivity index (χ3v) is 5.32. The highest BCUT2D eigenvalue weighted by atomic mass is 35.5. The molecule has 3 rings (SSSR count). The van der Waals surface area contributed by atoms with Crippen molar-refractivity contribution >= 4 is 34.6 Å². The van der Waals surface area contributed by atoms with Crippen molar-refractivity contribution in [2.24, 2.45) is 5.10 Å². The largest absolute Gasteiger partial charge is 0.490 e. The lowest BCUT2D eigenvalue weighted by Gasteiger charge is -2.13. The van der Waals surface area contributed by atoms with Crippen LogP contribution < -0.4 is 10.2 Å². The topological polar surface area (TPSA) is 50.7 Å². The Labute approximate surface area is 150 Å². The van der Waals surface area contributed by atoms with Crippen LogP contribution in [0.15, 0.2) is 41.5 Å². The van der Waals surface area contributed by atoms with Gasteiger partial charge in [0.2, 0.25) is 0 Å². The van der Waals surface area contributed by atoms with Crippen LogP contribution in [-0.2, 0) is 0 Å². The molecule has 1 saturated carbocycles. The van der Waals surface area contributed by atoms with E-state index in [2.05, 4.69) is 10.5 Å². The predicted molar refractivity (Wildman–Crippen MR) is 98.3 cm³/mol. The number of rotatable bonds is 5. The molecule has 6 heteroatoms. The van der Waals surface area contributed by atoms with Crippen LogP contribution in [0.25, 0.3) is 0 Å². The van der Waals surface area contributed by atoms with Crippen molar-refractivity contribution in [2.75, 3.05) is 0 Å². The monoisotopic (exact) mass is 362 g/mol. The first-order valence-electron chi connectivity index (χ1n) is 7.99. The summed E-state index contributed by atoms with van der Waals surface area (Å²) in [7, 11) is 0. The van der Waals surface area contributed by atoms with E-state index in [-0.39, 0.29) is 5.91 Å². The van der Waals surface area contributed by atoms with Crippen LogP contribution in [0.3, 0.4) is 0 Å². The van der Waals surface area contributed by atoms with E-state index in [0.717, 1.165) is 29.2 Å². The molecule has 0 saturated heterocycles. The van der Waals surface area contributed by atoms with Gasteiger partial charge >= 0.3 is 0 Å². The molecule has 1 aromatic carbocycles. The number of ether oxygens (including phenoxy) is 1. The lowest BCUT2D eigenvalue weighted by atomic mass is 10.2. The summed E-state index contributed by atoms with van der Waals surface area (Å²) in [6, 6.07) is 10.9. The van der Waals surface area contributed by atoms with Gasteiger partial charge in [-0.3, -0.25) is 4.79 Å². The number of hydrogen-bond acceptors (Lipinski definition) is 4. The summed E-state index contributed by atoms with van der Waals surface area (Å²) in [5.41, 5.74) is 3.84. The number of nitrogens with one attached hydrogen (secondary N) is 1. The molecule has 1 aliphatic carbocycles. The Morgan fingerprint density at radius 2 is 1.92 bits per heavy atom. The number of amides is 1. The Morgan fingerprint density at radius 3 is 2.54 bits per heavy atom. The summed E-state index contributed by atoms with van der Waals surface area (Å²) in [4.78, 5) is 13.1. The zero-order chi connectivity index (χ0) is 16.9. The van der Waals surface area contributed by atoms with Crippen molar-refractivity contribution in [3.63, 3.8) is 0 Å². The van der Waals surface area contributed by atoms with E-state index in [9.17, 15) is 4.79 Å². The van der Waals surface area contributed by atoms with Gasteiger partial charge in [-0.25, -0.2) is 5.43 Å². The van der Waals surface area contributed by atoms with E-state index in [0.29, 0.717) is 16.0 Å². The molecule has 0 atom stereocenters. The molecule has 24 heavy (non-hydrogen) atoms. The number of hydrogen-bond donors (Lipinski definition) is 1. The second-order valence-electron chi connectivity index (χ2n) is 5.79. The van der Waals surface area contributed by atoms with Gasteiger partial charge in [0.1, 0.15) is 5.75 Å². The Balaban J connectivity index is 1.58. The fraction of sp³-hybridized carbons (Fsp3) is 0.333. The van der Waals surface area contributed by atoms with Crippen LogP contribution in [0.4, 0.5) is 0 Å². The maximum atomic E-state index is 12.2. The first-order valence-corrected chi connectivity index (χ1v) is 9.18. The van der Waals surface area contributed by atoms with Crippen molar-refractivity contribution < 1.29 is 9.53 Å². The number of carbonyl (C=O) groups excluding carboxylic acids is 1. The highest BCUT2D eigenvalue weighted by Gasteiger charge is 2.16. The average molecular weight is 363 g/mol. The number of hydrazone groups is 1. The van der Waals surface area contributed by atoms with Gasteiger partial charge in [0.15, 0.2) is 0 Å². The number of nitrogens with zero attached hydrogens (tertiary/aromatic N) is 1. The van der Waals surface area contributed by atoms with Gasteiger partial charge in [0.25, 0.3) is 5.91 Å². The highest BCUT2D eigenvalue weighted by Crippen LogP contribution is 2.24. The average Bonchev–Trinajstić information content (AvgIpc) is 3.24. The van der Waals surface area contributed by atoms with Gasteiger partial charge in [-0.2, -0.15) is 5.10 Å². The first-order chi connectivity index (χ1) is 11.6. The van der Waals surface area contributed by atoms with Crippen molar-refractivity contribution in [2.45, 2.75) is 38.7 Å². The van der Waals surface area contributed by atoms with Crippen molar-refractivity contribution in [1.82, 2.24) is 5.43 Å². The molecule has 1 aliphatic rings. The molecule has 0 radical (unpaired) electrons. The van der Waals surface area contributed by atoms with Crippen LogP contribution >= 0.6 is 22.9 Å². The minimum absolute atomic E-state index is 0.246. The number of thiophene rings is 1. The van der Waals surface area contributed by atoms with Gasteiger partial charge in [-0.05, 0) is 69.0 Å². The molecule has 0 spiro atoms. The molecule has 1 heterocycles. The quantitative estimate of drug-likeness (QED) is 0.609. The molecule has 1 N–H and O–H groups in total. The summed E-state index contributed by atoms with van der Waals surface area (Å²) < 4.78 is 6.60. The molecular formula is C18H19ClN2O2S. The standard InChI is InChI=1S/C18H19ClN2O2S/c1-12(16-10-11-17(19)24-16)20-21-18(22)13-6-8-15(9-7-13)23-14-4-2-3-5-14/h6-11,14H,2-5H2,1H3,(H,21,22)/b20-12-. The summed E-state index contributed by atoms with van der Waals surface area (Å²) in [5.74, 6) is 0.566. The molecule has 1 amide bonds. The molecule has 2 aromatic rings. The minimum Gasteiger partial charge on any atom is -0.490 e. The summed E-state index contributed by atoms with van der Waals surface area (Å²) in [6.45, 7) is 1.83. The van der Waals surface area contributed by atoms with E-state index in [1.54, 1.807) is 12.1 Å². The lowest BCUT2D eigenvalue weighted by molar-refractivity contribution is 0.0955. The van der Waals surface area contributed by atoms with E-state index in [1.807, 2.05) is 31.2 Å². The fourth-order valence-electron chi connectivity index (χ4n) is 2.65. The molecule has 4 nitrogen and oxygen atoms in total. The zero-order valence-corrected chi connectivity index (χ0v) is 15.0. The molecule has 126 valence electrons. The molecule has 1 fully saturated rings. The van der Waals surface area contributed by atoms with Crippen LogP contribution in [-0.4, -0.2) is 17.7 Å². The number of benzene rings is 1. The summed E-state index contributed by atoms with van der Waals surface area (Å²) in [6.07, 6.45) is 5.01. The van der Waals surface area contributed by atoms with Gasteiger partial charge in [0, 0.05) is 5.56 Å². The smallest absolute Gasteiger partial charge is 0.271 e. The third-order valence-electron chi connectivity index (χ3n) is 3.98. The second kappa shape index (κ2) is 7.81. The van der Waals surface area contributed by atoms with E-state index >= 15 is 0 Å². The Bertz CT molecular complexity index is 734. The van der Waals surface area contributed by atoms with Crippen molar-refractivity contribution in [3.8, 4) is 5.75 Å². The van der Waals surface area contributed by atoms with Gasteiger partial charge in [-0.15, -0.1) is 11.3 Å². The van der Waals surface area contributed by atoms with E-state index in [1.165, 1.54) is 24.2 Å². The number of carbonyl (C=O) groups is 1. The van der Waals surface area contributed by atoms with Gasteiger partial charge < -0.3 is 4.74 Å². The Hall–Kier alpha value is -1.85. The van der Waals surface area contributed by atoms with Gasteiger partial charge in [-0.1, -0.05) is 11.6 Å². The maximum absolute atomic E-state index is 12.2. The third kappa shape index (κ3) is 4.36. The SMILES string of the molecule is C/C(=N/NC(=O)c1ccc(OC2CCCC2)cc1)c1ccc(Cl)s1. The number of halogens is 1. The predicted octanol–water partition coefficient (Wildman–Crippen LogP) is 4.88. The molecule has 0 bridgehead atoms. The summed E-state index contributed by atoms with van der Waals surface area (Å²) in [5, 5.41) is 4.13. The molecule has 1 aromatic heterocycles. The Morgan fingerprint density at radius 1 is 1.21 bits per heavy atom. The molecule has 0 unspecified atom stereocenters. The van der Waals surface area contributed by atoms with Crippen LogP contribution in [0.1, 0.15) is 47.8 Å².